The highest BCUT2D eigenvalue weighted by atomic mass is 16.4. The minimum absolute atomic E-state index is 0.709. The highest BCUT2D eigenvalue weighted by molar-refractivity contribution is 5.62. The van der Waals surface area contributed by atoms with Gasteiger partial charge in [-0.1, -0.05) is 18.2 Å². The Morgan fingerprint density at radius 2 is 1.93 bits per heavy atom. The number of hydrogen-bond donors (Lipinski definition) is 0. The van der Waals surface area contributed by atoms with Crippen molar-refractivity contribution >= 4 is 0 Å². The molecule has 0 aliphatic rings. The molecule has 0 fully saturated rings. The predicted octanol–water partition coefficient (Wildman–Crippen LogP) is 3.27. The Morgan fingerprint density at radius 3 is 2.57 bits per heavy atom. The van der Waals surface area contributed by atoms with Crippen LogP contribution < -0.4 is 0 Å². The summed E-state index contributed by atoms with van der Waals surface area (Å²) >= 11 is 0. The minimum Gasteiger partial charge on any atom is -0.441 e. The lowest BCUT2D eigenvalue weighted by Crippen LogP contribution is -1.84. The van der Waals surface area contributed by atoms with Crippen LogP contribution in [0.15, 0.2) is 28.8 Å². The first-order chi connectivity index (χ1) is 6.68. The largest absolute Gasteiger partial charge is 0.441 e. The number of aryl methyl sites for hydroxylation is 2. The van der Waals surface area contributed by atoms with Crippen LogP contribution in [0.5, 0.6) is 0 Å². The van der Waals surface area contributed by atoms with Gasteiger partial charge in [0.25, 0.3) is 0 Å². The zero-order valence-electron chi connectivity index (χ0n) is 8.66. The Labute approximate surface area is 83.6 Å². The average Bonchev–Trinajstić information content (AvgIpc) is 2.57. The predicted molar refractivity (Wildman–Crippen MR) is 56.2 cm³/mol. The number of aromatic nitrogens is 1. The highest BCUT2D eigenvalue weighted by Gasteiger charge is 2.07. The van der Waals surface area contributed by atoms with E-state index in [1.54, 1.807) is 6.20 Å². The van der Waals surface area contributed by atoms with Crippen molar-refractivity contribution < 1.29 is 4.42 Å². The molecule has 0 N–H and O–H groups in total. The molecule has 0 spiro atoms. The van der Waals surface area contributed by atoms with E-state index in [1.807, 2.05) is 13.0 Å². The quantitative estimate of drug-likeness (QED) is 0.684. The van der Waals surface area contributed by atoms with Gasteiger partial charge in [-0.2, -0.15) is 0 Å². The van der Waals surface area contributed by atoms with Crippen LogP contribution in [0.1, 0.15) is 17.0 Å². The Bertz CT molecular complexity index is 457. The first-order valence-electron chi connectivity index (χ1n) is 4.67. The molecule has 0 amide bonds. The molecule has 1 aromatic carbocycles. The lowest BCUT2D eigenvalue weighted by molar-refractivity contribution is 0.534. The van der Waals surface area contributed by atoms with Crippen LogP contribution in [0.3, 0.4) is 0 Å². The molecule has 0 radical (unpaired) electrons. The van der Waals surface area contributed by atoms with Crippen molar-refractivity contribution in [1.29, 1.82) is 0 Å². The molecule has 0 aliphatic carbocycles. The lowest BCUT2D eigenvalue weighted by atomic mass is 10.0. The fraction of sp³-hybridized carbons (Fsp3) is 0.250. The van der Waals surface area contributed by atoms with E-state index in [-0.39, 0.29) is 0 Å². The number of nitrogens with zero attached hydrogens (tertiary/aromatic N) is 1. The van der Waals surface area contributed by atoms with Gasteiger partial charge in [0, 0.05) is 12.5 Å². The van der Waals surface area contributed by atoms with E-state index in [4.69, 9.17) is 4.42 Å². The summed E-state index contributed by atoms with van der Waals surface area (Å²) in [5.41, 5.74) is 3.66. The van der Waals surface area contributed by atoms with Crippen LogP contribution in [0.2, 0.25) is 0 Å². The maximum Gasteiger partial charge on any atom is 0.191 e. The summed E-state index contributed by atoms with van der Waals surface area (Å²) in [7, 11) is 0. The van der Waals surface area contributed by atoms with Crippen molar-refractivity contribution in [3.05, 3.63) is 41.4 Å². The zero-order chi connectivity index (χ0) is 10.1. The average molecular weight is 187 g/mol. The molecule has 2 aromatic rings. The van der Waals surface area contributed by atoms with E-state index in [0.717, 1.165) is 11.3 Å². The summed E-state index contributed by atoms with van der Waals surface area (Å²) in [6.07, 6.45) is 1.77. The van der Waals surface area contributed by atoms with Gasteiger partial charge < -0.3 is 4.42 Å². The van der Waals surface area contributed by atoms with E-state index in [1.165, 1.54) is 11.1 Å². The number of oxazole rings is 1. The van der Waals surface area contributed by atoms with E-state index in [9.17, 15) is 0 Å². The third-order valence-electron chi connectivity index (χ3n) is 2.49. The molecule has 2 nitrogen and oxygen atoms in total. The van der Waals surface area contributed by atoms with Crippen LogP contribution in [0.4, 0.5) is 0 Å². The molecule has 0 bridgehead atoms. The van der Waals surface area contributed by atoms with E-state index in [2.05, 4.69) is 31.0 Å². The molecule has 0 aliphatic heterocycles. The van der Waals surface area contributed by atoms with Crippen LogP contribution >= 0.6 is 0 Å². The fourth-order valence-corrected chi connectivity index (χ4v) is 1.50. The van der Waals surface area contributed by atoms with Gasteiger partial charge in [0.05, 0.1) is 6.20 Å². The van der Waals surface area contributed by atoms with Crippen LogP contribution in [0.25, 0.3) is 11.3 Å². The summed E-state index contributed by atoms with van der Waals surface area (Å²) in [5.74, 6) is 1.56. The third-order valence-corrected chi connectivity index (χ3v) is 2.49. The highest BCUT2D eigenvalue weighted by Crippen LogP contribution is 2.25. The van der Waals surface area contributed by atoms with Crippen LogP contribution in [-0.4, -0.2) is 4.98 Å². The van der Waals surface area contributed by atoms with E-state index in [0.29, 0.717) is 5.89 Å². The van der Waals surface area contributed by atoms with Crippen molar-refractivity contribution in [3.63, 3.8) is 0 Å². The molecule has 0 saturated carbocycles. The standard InChI is InChI=1S/C12H13NO/c1-8-5-4-6-11(9(8)2)12-7-13-10(3)14-12/h4-7H,1-3H3. The van der Waals surface area contributed by atoms with Gasteiger partial charge in [0.2, 0.25) is 0 Å². The Hall–Kier alpha value is -1.57. The van der Waals surface area contributed by atoms with E-state index < -0.39 is 0 Å². The molecule has 72 valence electrons. The molecule has 2 heteroatoms. The van der Waals surface area contributed by atoms with Gasteiger partial charge in [0.1, 0.15) is 0 Å². The van der Waals surface area contributed by atoms with Crippen molar-refractivity contribution in [2.75, 3.05) is 0 Å². The van der Waals surface area contributed by atoms with Crippen molar-refractivity contribution in [3.8, 4) is 11.3 Å². The van der Waals surface area contributed by atoms with Gasteiger partial charge >= 0.3 is 0 Å². The topological polar surface area (TPSA) is 26.0 Å². The summed E-state index contributed by atoms with van der Waals surface area (Å²) in [4.78, 5) is 4.10. The smallest absolute Gasteiger partial charge is 0.191 e. The SMILES string of the molecule is Cc1ncc(-c2cccc(C)c2C)o1. The van der Waals surface area contributed by atoms with Gasteiger partial charge in [-0.3, -0.25) is 0 Å². The maximum absolute atomic E-state index is 5.49. The van der Waals surface area contributed by atoms with Crippen LogP contribution in [0, 0.1) is 20.8 Å². The first-order valence-corrected chi connectivity index (χ1v) is 4.67. The van der Waals surface area contributed by atoms with Crippen molar-refractivity contribution in [2.24, 2.45) is 0 Å². The third kappa shape index (κ3) is 1.43. The summed E-state index contributed by atoms with van der Waals surface area (Å²) < 4.78 is 5.49. The summed E-state index contributed by atoms with van der Waals surface area (Å²) in [6.45, 7) is 6.05. The molecule has 2 rings (SSSR count). The lowest BCUT2D eigenvalue weighted by Gasteiger charge is -2.04. The van der Waals surface area contributed by atoms with Crippen LogP contribution in [-0.2, 0) is 0 Å². The number of rotatable bonds is 1. The maximum atomic E-state index is 5.49. The molecular formula is C12H13NO. The number of benzene rings is 1. The monoisotopic (exact) mass is 187 g/mol. The van der Waals surface area contributed by atoms with Gasteiger partial charge in [-0.05, 0) is 25.0 Å². The molecule has 14 heavy (non-hydrogen) atoms. The zero-order valence-corrected chi connectivity index (χ0v) is 8.66. The van der Waals surface area contributed by atoms with Gasteiger partial charge in [-0.15, -0.1) is 0 Å². The molecule has 0 unspecified atom stereocenters. The van der Waals surface area contributed by atoms with Gasteiger partial charge in [-0.25, -0.2) is 4.98 Å². The van der Waals surface area contributed by atoms with Gasteiger partial charge in [0.15, 0.2) is 11.7 Å². The summed E-state index contributed by atoms with van der Waals surface area (Å²) in [6, 6.07) is 6.19. The summed E-state index contributed by atoms with van der Waals surface area (Å²) in [5, 5.41) is 0. The molecular weight excluding hydrogens is 174 g/mol. The normalized spacial score (nSPS) is 10.5. The fourth-order valence-electron chi connectivity index (χ4n) is 1.50. The van der Waals surface area contributed by atoms with Crippen molar-refractivity contribution in [1.82, 2.24) is 4.98 Å². The molecule has 1 heterocycles. The second-order valence-corrected chi connectivity index (χ2v) is 3.49. The number of hydrogen-bond acceptors (Lipinski definition) is 2. The van der Waals surface area contributed by atoms with E-state index >= 15 is 0 Å². The second kappa shape index (κ2) is 3.29. The Balaban J connectivity index is 2.57. The second-order valence-electron chi connectivity index (χ2n) is 3.49. The Kier molecular flexibility index (Phi) is 2.12. The minimum atomic E-state index is 0.709. The Morgan fingerprint density at radius 1 is 1.14 bits per heavy atom. The molecule has 1 aromatic heterocycles. The van der Waals surface area contributed by atoms with Crippen molar-refractivity contribution in [2.45, 2.75) is 20.8 Å². The molecule has 0 saturated heterocycles. The first kappa shape index (κ1) is 9.00. The molecule has 0 atom stereocenters.